The zero-order valence-electron chi connectivity index (χ0n) is 13.6. The van der Waals surface area contributed by atoms with Crippen molar-refractivity contribution in [3.05, 3.63) is 30.3 Å². The molecule has 1 aromatic carbocycles. The molecule has 1 heterocycles. The van der Waals surface area contributed by atoms with Crippen molar-refractivity contribution in [3.8, 4) is 5.75 Å². The number of hydrogen-bond acceptors (Lipinski definition) is 5. The van der Waals surface area contributed by atoms with Gasteiger partial charge in [0.1, 0.15) is 18.2 Å². The van der Waals surface area contributed by atoms with Gasteiger partial charge in [0, 0.05) is 17.5 Å². The maximum absolute atomic E-state index is 5.66. The Bertz CT molecular complexity index is 608. The minimum absolute atomic E-state index is 0.00669. The van der Waals surface area contributed by atoms with Crippen LogP contribution >= 0.6 is 0 Å². The molecular weight excluding hydrogens is 278 g/mol. The summed E-state index contributed by atoms with van der Waals surface area (Å²) in [5, 5.41) is 4.43. The second kappa shape index (κ2) is 7.42. The summed E-state index contributed by atoms with van der Waals surface area (Å²) in [6.07, 6.45) is 0. The van der Waals surface area contributed by atoms with Crippen LogP contribution in [0.2, 0.25) is 0 Å². The fourth-order valence-corrected chi connectivity index (χ4v) is 2.05. The Labute approximate surface area is 131 Å². The first-order chi connectivity index (χ1) is 10.5. The lowest BCUT2D eigenvalue weighted by atomic mass is 10.1. The van der Waals surface area contributed by atoms with E-state index in [1.54, 1.807) is 0 Å². The molecule has 0 saturated heterocycles. The summed E-state index contributed by atoms with van der Waals surface area (Å²) < 4.78 is 10.9. The number of fused-ring (bicyclic) bond motifs is 1. The zero-order chi connectivity index (χ0) is 16.0. The van der Waals surface area contributed by atoms with Crippen LogP contribution in [-0.2, 0) is 4.74 Å². The van der Waals surface area contributed by atoms with Crippen molar-refractivity contribution in [2.75, 3.05) is 31.7 Å². The van der Waals surface area contributed by atoms with Gasteiger partial charge in [0.15, 0.2) is 0 Å². The van der Waals surface area contributed by atoms with Crippen molar-refractivity contribution < 1.29 is 9.47 Å². The minimum atomic E-state index is -0.00669. The third kappa shape index (κ3) is 5.16. The second-order valence-electron chi connectivity index (χ2n) is 6.18. The molecule has 0 aliphatic carbocycles. The maximum atomic E-state index is 5.66. The summed E-state index contributed by atoms with van der Waals surface area (Å²) in [5.74, 6) is 1.70. The smallest absolute Gasteiger partial charge is 0.127 e. The van der Waals surface area contributed by atoms with E-state index in [0.717, 1.165) is 22.5 Å². The third-order valence-electron chi connectivity index (χ3n) is 2.92. The average Bonchev–Trinajstić information content (AvgIpc) is 2.45. The molecule has 0 spiro atoms. The Morgan fingerprint density at radius 1 is 1.09 bits per heavy atom. The third-order valence-corrected chi connectivity index (χ3v) is 2.92. The van der Waals surface area contributed by atoms with E-state index in [9.17, 15) is 0 Å². The Morgan fingerprint density at radius 2 is 1.91 bits per heavy atom. The summed E-state index contributed by atoms with van der Waals surface area (Å²) in [7, 11) is 0. The van der Waals surface area contributed by atoms with Crippen LogP contribution in [0.3, 0.4) is 0 Å². The molecule has 0 saturated carbocycles. The van der Waals surface area contributed by atoms with Gasteiger partial charge in [-0.3, -0.25) is 0 Å². The molecule has 0 bridgehead atoms. The monoisotopic (exact) mass is 303 g/mol. The zero-order valence-corrected chi connectivity index (χ0v) is 13.6. The van der Waals surface area contributed by atoms with E-state index < -0.39 is 0 Å². The van der Waals surface area contributed by atoms with E-state index in [0.29, 0.717) is 26.4 Å². The molecule has 0 atom stereocenters. The fraction of sp³-hybridized carbons (Fsp3) is 0.471. The van der Waals surface area contributed by atoms with Crippen LogP contribution in [0.5, 0.6) is 5.75 Å². The molecule has 0 amide bonds. The highest BCUT2D eigenvalue weighted by molar-refractivity contribution is 5.81. The Balaban J connectivity index is 2.00. The quantitative estimate of drug-likeness (QED) is 0.770. The molecular formula is C17H25N3O2. The highest BCUT2D eigenvalue weighted by Crippen LogP contribution is 2.22. The molecule has 120 valence electrons. The lowest BCUT2D eigenvalue weighted by molar-refractivity contribution is 0.106. The summed E-state index contributed by atoms with van der Waals surface area (Å²) in [6, 6.07) is 9.93. The number of pyridine rings is 1. The van der Waals surface area contributed by atoms with Gasteiger partial charge in [0.05, 0.1) is 18.7 Å². The number of anilines is 1. The molecule has 22 heavy (non-hydrogen) atoms. The first-order valence-corrected chi connectivity index (χ1v) is 7.57. The molecule has 2 aromatic rings. The van der Waals surface area contributed by atoms with Crippen LogP contribution in [-0.4, -0.2) is 36.9 Å². The Hall–Kier alpha value is -1.85. The largest absolute Gasteiger partial charge is 0.491 e. The molecule has 0 radical (unpaired) electrons. The second-order valence-corrected chi connectivity index (χ2v) is 6.18. The van der Waals surface area contributed by atoms with E-state index in [2.05, 4.69) is 31.1 Å². The molecule has 0 fully saturated rings. The number of nitrogens with two attached hydrogens (primary N) is 1. The number of benzene rings is 1. The number of nitrogens with zero attached hydrogens (tertiary/aromatic N) is 1. The van der Waals surface area contributed by atoms with Crippen molar-refractivity contribution in [2.45, 2.75) is 26.3 Å². The Kier molecular flexibility index (Phi) is 5.57. The van der Waals surface area contributed by atoms with E-state index >= 15 is 0 Å². The molecule has 0 aliphatic heterocycles. The van der Waals surface area contributed by atoms with E-state index in [-0.39, 0.29) is 5.54 Å². The predicted octanol–water partition coefficient (Wildman–Crippen LogP) is 2.80. The van der Waals surface area contributed by atoms with Gasteiger partial charge in [0.2, 0.25) is 0 Å². The van der Waals surface area contributed by atoms with E-state index in [1.807, 2.05) is 30.3 Å². The van der Waals surface area contributed by atoms with Gasteiger partial charge in [-0.15, -0.1) is 0 Å². The first kappa shape index (κ1) is 16.5. The van der Waals surface area contributed by atoms with Crippen LogP contribution in [0.1, 0.15) is 20.8 Å². The lowest BCUT2D eigenvalue weighted by Crippen LogP contribution is -2.26. The van der Waals surface area contributed by atoms with Crippen LogP contribution in [0.25, 0.3) is 10.9 Å². The number of ether oxygens (including phenoxy) is 2. The van der Waals surface area contributed by atoms with Crippen molar-refractivity contribution >= 4 is 16.7 Å². The van der Waals surface area contributed by atoms with Gasteiger partial charge < -0.3 is 20.5 Å². The van der Waals surface area contributed by atoms with Gasteiger partial charge in [0.25, 0.3) is 0 Å². The molecule has 5 heteroatoms. The number of aromatic nitrogens is 1. The number of nitrogens with one attached hydrogen (secondary N) is 1. The van der Waals surface area contributed by atoms with Gasteiger partial charge in [-0.25, -0.2) is 4.98 Å². The van der Waals surface area contributed by atoms with Gasteiger partial charge in [-0.1, -0.05) is 0 Å². The number of rotatable bonds is 7. The summed E-state index contributed by atoms with van der Waals surface area (Å²) >= 11 is 0. The van der Waals surface area contributed by atoms with E-state index in [1.165, 1.54) is 0 Å². The summed E-state index contributed by atoms with van der Waals surface area (Å²) in [6.45, 7) is 8.50. The molecule has 0 aliphatic rings. The van der Waals surface area contributed by atoms with Crippen molar-refractivity contribution in [1.82, 2.24) is 4.98 Å². The van der Waals surface area contributed by atoms with Crippen molar-refractivity contribution in [1.29, 1.82) is 0 Å². The highest BCUT2D eigenvalue weighted by atomic mass is 16.5. The first-order valence-electron chi connectivity index (χ1n) is 7.57. The topological polar surface area (TPSA) is 69.4 Å². The predicted molar refractivity (Wildman–Crippen MR) is 90.5 cm³/mol. The standard InChI is InChI=1S/C17H25N3O2/c1-17(2,3)20-16-7-4-13-12-14(5-6-15(13)19-16)22-11-10-21-9-8-18/h4-7,12H,8-11,18H2,1-3H3,(H,19,20). The molecule has 5 nitrogen and oxygen atoms in total. The summed E-state index contributed by atoms with van der Waals surface area (Å²) in [5.41, 5.74) is 6.30. The van der Waals surface area contributed by atoms with Crippen LogP contribution in [0.4, 0.5) is 5.82 Å². The van der Waals surface area contributed by atoms with Crippen LogP contribution < -0.4 is 15.8 Å². The molecule has 3 N–H and O–H groups in total. The van der Waals surface area contributed by atoms with Crippen LogP contribution in [0.15, 0.2) is 30.3 Å². The van der Waals surface area contributed by atoms with Crippen LogP contribution in [0, 0.1) is 0 Å². The number of hydrogen-bond donors (Lipinski definition) is 2. The highest BCUT2D eigenvalue weighted by Gasteiger charge is 2.10. The Morgan fingerprint density at radius 3 is 2.64 bits per heavy atom. The lowest BCUT2D eigenvalue weighted by Gasteiger charge is -2.21. The van der Waals surface area contributed by atoms with Gasteiger partial charge in [-0.05, 0) is 51.1 Å². The average molecular weight is 303 g/mol. The molecule has 0 unspecified atom stereocenters. The van der Waals surface area contributed by atoms with E-state index in [4.69, 9.17) is 15.2 Å². The minimum Gasteiger partial charge on any atom is -0.491 e. The summed E-state index contributed by atoms with van der Waals surface area (Å²) in [4.78, 5) is 4.62. The normalized spacial score (nSPS) is 11.6. The van der Waals surface area contributed by atoms with Gasteiger partial charge >= 0.3 is 0 Å². The fourth-order valence-electron chi connectivity index (χ4n) is 2.05. The van der Waals surface area contributed by atoms with Crippen molar-refractivity contribution in [3.63, 3.8) is 0 Å². The molecule has 1 aromatic heterocycles. The van der Waals surface area contributed by atoms with Crippen molar-refractivity contribution in [2.24, 2.45) is 5.73 Å². The van der Waals surface area contributed by atoms with Gasteiger partial charge in [-0.2, -0.15) is 0 Å². The molecule has 2 rings (SSSR count). The maximum Gasteiger partial charge on any atom is 0.127 e. The SMILES string of the molecule is CC(C)(C)Nc1ccc2cc(OCCOCCN)ccc2n1.